The Balaban J connectivity index is 4.14. The summed E-state index contributed by atoms with van der Waals surface area (Å²) in [5.41, 5.74) is 0. The van der Waals surface area contributed by atoms with Crippen molar-refractivity contribution in [2.45, 2.75) is 30.9 Å². The maximum Gasteiger partial charge on any atom is 0.459 e. The predicted molar refractivity (Wildman–Crippen MR) is 49.0 cm³/mol. The lowest BCUT2D eigenvalue weighted by Crippen LogP contribution is -2.52. The minimum Gasteiger partial charge on any atom is -0.381 e. The smallest absolute Gasteiger partial charge is 0.381 e. The lowest BCUT2D eigenvalue weighted by molar-refractivity contribution is -0.356. The molecule has 0 aromatic carbocycles. The van der Waals surface area contributed by atoms with Crippen molar-refractivity contribution >= 4 is 6.08 Å². The zero-order valence-corrected chi connectivity index (χ0v) is 9.44. The minimum atomic E-state index is -6.32. The topological polar surface area (TPSA) is 38.7 Å². The van der Waals surface area contributed by atoms with Crippen molar-refractivity contribution in [2.75, 3.05) is 19.8 Å². The molecular formula is C9H10F7NO2. The van der Waals surface area contributed by atoms with E-state index < -0.39 is 31.0 Å². The normalized spacial score (nSPS) is 13.2. The second kappa shape index (κ2) is 6.85. The maximum absolute atomic E-state index is 12.7. The molecule has 10 heteroatoms. The van der Waals surface area contributed by atoms with Gasteiger partial charge in [0, 0.05) is 13.0 Å². The van der Waals surface area contributed by atoms with Crippen LogP contribution in [-0.4, -0.2) is 43.9 Å². The van der Waals surface area contributed by atoms with Crippen LogP contribution in [0.4, 0.5) is 30.7 Å². The largest absolute Gasteiger partial charge is 0.459 e. The summed E-state index contributed by atoms with van der Waals surface area (Å²) in [4.78, 5) is 12.7. The third-order valence-corrected chi connectivity index (χ3v) is 2.00. The summed E-state index contributed by atoms with van der Waals surface area (Å²) in [5.74, 6) is -11.3. The fraction of sp³-hybridized carbons (Fsp3) is 0.889. The highest BCUT2D eigenvalue weighted by Crippen LogP contribution is 2.47. The van der Waals surface area contributed by atoms with Crippen LogP contribution in [0.1, 0.15) is 12.8 Å². The summed E-state index contributed by atoms with van der Waals surface area (Å²) in [5, 5.41) is 0. The third-order valence-electron chi connectivity index (χ3n) is 2.00. The SMILES string of the molecule is O=C=NCCCOCCC(F)(F)C(F)(F)C(F)(F)F. The van der Waals surface area contributed by atoms with Crippen LogP contribution < -0.4 is 0 Å². The molecule has 0 rings (SSSR count). The average Bonchev–Trinajstić information content (AvgIpc) is 2.26. The fourth-order valence-electron chi connectivity index (χ4n) is 0.958. The first-order valence-electron chi connectivity index (χ1n) is 5.00. The van der Waals surface area contributed by atoms with Gasteiger partial charge in [-0.1, -0.05) is 0 Å². The molecule has 3 nitrogen and oxygen atoms in total. The van der Waals surface area contributed by atoms with E-state index in [1.807, 2.05) is 0 Å². The molecule has 0 aromatic rings. The van der Waals surface area contributed by atoms with E-state index in [0.29, 0.717) is 0 Å². The Morgan fingerprint density at radius 3 is 2.05 bits per heavy atom. The molecule has 0 atom stereocenters. The predicted octanol–water partition coefficient (Wildman–Crippen LogP) is 2.95. The Hall–Kier alpha value is -1.15. The van der Waals surface area contributed by atoms with Crippen LogP contribution in [0.3, 0.4) is 0 Å². The number of halogens is 7. The van der Waals surface area contributed by atoms with E-state index in [2.05, 4.69) is 9.73 Å². The Bertz CT molecular complexity index is 323. The van der Waals surface area contributed by atoms with Gasteiger partial charge in [0.2, 0.25) is 6.08 Å². The summed E-state index contributed by atoms with van der Waals surface area (Å²) in [6.07, 6.45) is -6.76. The van der Waals surface area contributed by atoms with Gasteiger partial charge < -0.3 is 4.74 Å². The van der Waals surface area contributed by atoms with E-state index in [9.17, 15) is 35.5 Å². The van der Waals surface area contributed by atoms with Gasteiger partial charge in [-0.25, -0.2) is 9.79 Å². The molecule has 112 valence electrons. The average molecular weight is 297 g/mol. The maximum atomic E-state index is 12.7. The molecular weight excluding hydrogens is 287 g/mol. The molecule has 0 radical (unpaired) electrons. The lowest BCUT2D eigenvalue weighted by atomic mass is 10.1. The van der Waals surface area contributed by atoms with Crippen LogP contribution in [0.2, 0.25) is 0 Å². The van der Waals surface area contributed by atoms with Gasteiger partial charge in [0.1, 0.15) is 0 Å². The number of nitrogens with zero attached hydrogens (tertiary/aromatic N) is 1. The standard InChI is InChI=1S/C9H10F7NO2/c10-7(11,8(12,13)9(14,15)16)2-5-19-4-1-3-17-6-18/h1-5H2. The van der Waals surface area contributed by atoms with Crippen molar-refractivity contribution in [3.8, 4) is 0 Å². The van der Waals surface area contributed by atoms with Crippen molar-refractivity contribution in [1.29, 1.82) is 0 Å². The highest BCUT2D eigenvalue weighted by atomic mass is 19.4. The second-order valence-corrected chi connectivity index (χ2v) is 3.47. The van der Waals surface area contributed by atoms with Crippen molar-refractivity contribution in [1.82, 2.24) is 0 Å². The van der Waals surface area contributed by atoms with Gasteiger partial charge in [0.25, 0.3) is 0 Å². The number of rotatable bonds is 8. The van der Waals surface area contributed by atoms with E-state index in [4.69, 9.17) is 0 Å². The lowest BCUT2D eigenvalue weighted by Gasteiger charge is -2.28. The summed E-state index contributed by atoms with van der Waals surface area (Å²) in [6, 6.07) is 0. The number of ether oxygens (including phenoxy) is 1. The number of isocyanates is 1. The Kier molecular flexibility index (Phi) is 6.44. The minimum absolute atomic E-state index is 0.00139. The van der Waals surface area contributed by atoms with Gasteiger partial charge in [-0.2, -0.15) is 30.7 Å². The number of hydrogen-bond acceptors (Lipinski definition) is 3. The van der Waals surface area contributed by atoms with E-state index in [1.54, 1.807) is 0 Å². The Morgan fingerprint density at radius 1 is 1.00 bits per heavy atom. The number of carbonyl (C=O) groups excluding carboxylic acids is 1. The van der Waals surface area contributed by atoms with Crippen LogP contribution in [0.25, 0.3) is 0 Å². The third kappa shape index (κ3) is 5.15. The van der Waals surface area contributed by atoms with Crippen molar-refractivity contribution in [2.24, 2.45) is 4.99 Å². The first-order chi connectivity index (χ1) is 8.56. The summed E-state index contributed by atoms with van der Waals surface area (Å²) < 4.78 is 89.8. The van der Waals surface area contributed by atoms with E-state index in [0.717, 1.165) is 0 Å². The Morgan fingerprint density at radius 2 is 1.58 bits per heavy atom. The van der Waals surface area contributed by atoms with Crippen LogP contribution in [0.15, 0.2) is 4.99 Å². The molecule has 0 saturated heterocycles. The second-order valence-electron chi connectivity index (χ2n) is 3.47. The molecule has 0 unspecified atom stereocenters. The highest BCUT2D eigenvalue weighted by Gasteiger charge is 2.72. The molecule has 0 bridgehead atoms. The van der Waals surface area contributed by atoms with Crippen molar-refractivity contribution < 1.29 is 40.3 Å². The molecule has 0 aliphatic rings. The molecule has 0 saturated carbocycles. The monoisotopic (exact) mass is 297 g/mol. The molecule has 0 aliphatic carbocycles. The number of alkyl halides is 7. The summed E-state index contributed by atoms with van der Waals surface area (Å²) >= 11 is 0. The van der Waals surface area contributed by atoms with E-state index in [-0.39, 0.29) is 19.6 Å². The van der Waals surface area contributed by atoms with Gasteiger partial charge in [0.05, 0.1) is 13.2 Å². The van der Waals surface area contributed by atoms with Gasteiger partial charge in [-0.05, 0) is 6.42 Å². The molecule has 0 aliphatic heterocycles. The molecule has 0 aromatic heterocycles. The summed E-state index contributed by atoms with van der Waals surface area (Å²) in [7, 11) is 0. The van der Waals surface area contributed by atoms with Crippen LogP contribution in [-0.2, 0) is 9.53 Å². The molecule has 19 heavy (non-hydrogen) atoms. The van der Waals surface area contributed by atoms with Crippen molar-refractivity contribution in [3.05, 3.63) is 0 Å². The zero-order chi connectivity index (χ0) is 15.2. The fourth-order valence-corrected chi connectivity index (χ4v) is 0.958. The first-order valence-corrected chi connectivity index (χ1v) is 5.00. The van der Waals surface area contributed by atoms with Crippen LogP contribution >= 0.6 is 0 Å². The van der Waals surface area contributed by atoms with E-state index in [1.165, 1.54) is 6.08 Å². The Labute approximate surface area is 103 Å². The molecule has 0 heterocycles. The highest BCUT2D eigenvalue weighted by molar-refractivity contribution is 5.32. The van der Waals surface area contributed by atoms with Crippen molar-refractivity contribution in [3.63, 3.8) is 0 Å². The zero-order valence-electron chi connectivity index (χ0n) is 9.44. The molecule has 0 amide bonds. The van der Waals surface area contributed by atoms with Crippen LogP contribution in [0.5, 0.6) is 0 Å². The van der Waals surface area contributed by atoms with Crippen LogP contribution in [0, 0.1) is 0 Å². The van der Waals surface area contributed by atoms with Gasteiger partial charge in [-0.3, -0.25) is 0 Å². The number of aliphatic imine (C=N–C) groups is 1. The van der Waals surface area contributed by atoms with Gasteiger partial charge in [-0.15, -0.1) is 0 Å². The molecule has 0 N–H and O–H groups in total. The number of hydrogen-bond donors (Lipinski definition) is 0. The van der Waals surface area contributed by atoms with Gasteiger partial charge in [0.15, 0.2) is 0 Å². The quantitative estimate of drug-likeness (QED) is 0.299. The summed E-state index contributed by atoms with van der Waals surface area (Å²) in [6.45, 7) is -1.17. The van der Waals surface area contributed by atoms with E-state index >= 15 is 0 Å². The first kappa shape index (κ1) is 17.9. The van der Waals surface area contributed by atoms with Gasteiger partial charge >= 0.3 is 18.0 Å². The molecule has 0 spiro atoms. The molecule has 0 fully saturated rings.